The van der Waals surface area contributed by atoms with Gasteiger partial charge in [0.15, 0.2) is 0 Å². The van der Waals surface area contributed by atoms with Gasteiger partial charge in [0.05, 0.1) is 0 Å². The topological polar surface area (TPSA) is 40.5 Å². The van der Waals surface area contributed by atoms with Crippen molar-refractivity contribution in [3.8, 4) is 0 Å². The minimum absolute atomic E-state index is 0.298. The van der Waals surface area contributed by atoms with E-state index in [0.29, 0.717) is 12.3 Å². The van der Waals surface area contributed by atoms with Crippen molar-refractivity contribution < 1.29 is 9.90 Å². The number of benzene rings is 1. The molecule has 1 atom stereocenters. The van der Waals surface area contributed by atoms with Crippen molar-refractivity contribution in [1.82, 2.24) is 4.90 Å². The monoisotopic (exact) mass is 311 g/mol. The van der Waals surface area contributed by atoms with Gasteiger partial charge in [0.25, 0.3) is 0 Å². The highest BCUT2D eigenvalue weighted by atomic mass is 79.9. The van der Waals surface area contributed by atoms with Gasteiger partial charge < -0.3 is 5.11 Å². The standard InChI is InChI=1S/C14H18BrNO2/c15-13-6-2-1-5-12(13)10-16-7-3-4-11(9-16)8-14(17)18/h1-2,5-6,11H,3-4,7-10H2,(H,17,18). The Kier molecular flexibility index (Phi) is 4.78. The first kappa shape index (κ1) is 13.6. The van der Waals surface area contributed by atoms with Crippen LogP contribution < -0.4 is 0 Å². The van der Waals surface area contributed by atoms with Crippen LogP contribution in [0.5, 0.6) is 0 Å². The molecule has 0 aromatic heterocycles. The third kappa shape index (κ3) is 3.82. The predicted molar refractivity (Wildman–Crippen MR) is 74.4 cm³/mol. The molecule has 0 saturated carbocycles. The van der Waals surface area contributed by atoms with Crippen LogP contribution in [-0.4, -0.2) is 29.1 Å². The van der Waals surface area contributed by atoms with Crippen molar-refractivity contribution in [2.24, 2.45) is 5.92 Å². The molecule has 1 aromatic rings. The second kappa shape index (κ2) is 6.34. The van der Waals surface area contributed by atoms with Crippen molar-refractivity contribution in [1.29, 1.82) is 0 Å². The Morgan fingerprint density at radius 2 is 2.22 bits per heavy atom. The quantitative estimate of drug-likeness (QED) is 0.928. The summed E-state index contributed by atoms with van der Waals surface area (Å²) in [6.45, 7) is 2.86. The van der Waals surface area contributed by atoms with Crippen LogP contribution in [-0.2, 0) is 11.3 Å². The van der Waals surface area contributed by atoms with Crippen molar-refractivity contribution >= 4 is 21.9 Å². The largest absolute Gasteiger partial charge is 0.481 e. The summed E-state index contributed by atoms with van der Waals surface area (Å²) in [7, 11) is 0. The van der Waals surface area contributed by atoms with Crippen LogP contribution in [0.15, 0.2) is 28.7 Å². The van der Waals surface area contributed by atoms with Gasteiger partial charge in [0, 0.05) is 24.0 Å². The van der Waals surface area contributed by atoms with Gasteiger partial charge in [-0.05, 0) is 36.9 Å². The summed E-state index contributed by atoms with van der Waals surface area (Å²) in [5.41, 5.74) is 1.27. The Morgan fingerprint density at radius 3 is 2.94 bits per heavy atom. The summed E-state index contributed by atoms with van der Waals surface area (Å²) in [6.07, 6.45) is 2.44. The number of carboxylic acids is 1. The van der Waals surface area contributed by atoms with E-state index in [2.05, 4.69) is 26.9 Å². The number of likely N-dealkylation sites (tertiary alicyclic amines) is 1. The van der Waals surface area contributed by atoms with E-state index in [1.807, 2.05) is 18.2 Å². The first-order valence-corrected chi connectivity index (χ1v) is 7.12. The van der Waals surface area contributed by atoms with Gasteiger partial charge in [-0.1, -0.05) is 34.1 Å². The molecule has 3 nitrogen and oxygen atoms in total. The Balaban J connectivity index is 1.93. The SMILES string of the molecule is O=C(O)CC1CCCN(Cc2ccccc2Br)C1. The van der Waals surface area contributed by atoms with Crippen molar-refractivity contribution in [2.45, 2.75) is 25.8 Å². The highest BCUT2D eigenvalue weighted by Crippen LogP contribution is 2.23. The zero-order chi connectivity index (χ0) is 13.0. The number of nitrogens with zero attached hydrogens (tertiary/aromatic N) is 1. The fraction of sp³-hybridized carbons (Fsp3) is 0.500. The minimum atomic E-state index is -0.678. The molecule has 0 aliphatic carbocycles. The van der Waals surface area contributed by atoms with Gasteiger partial charge >= 0.3 is 5.97 Å². The molecule has 98 valence electrons. The van der Waals surface area contributed by atoms with Gasteiger partial charge in [-0.15, -0.1) is 0 Å². The minimum Gasteiger partial charge on any atom is -0.481 e. The first-order chi connectivity index (χ1) is 8.65. The molecule has 1 heterocycles. The van der Waals surface area contributed by atoms with E-state index in [1.165, 1.54) is 5.56 Å². The second-order valence-corrected chi connectivity index (χ2v) is 5.79. The number of hydrogen-bond acceptors (Lipinski definition) is 2. The lowest BCUT2D eigenvalue weighted by Crippen LogP contribution is -2.35. The molecular formula is C14H18BrNO2. The zero-order valence-corrected chi connectivity index (χ0v) is 11.9. The Labute approximate surface area is 116 Å². The fourth-order valence-corrected chi connectivity index (χ4v) is 2.99. The summed E-state index contributed by atoms with van der Waals surface area (Å²) in [6, 6.07) is 8.22. The second-order valence-electron chi connectivity index (χ2n) is 4.93. The van der Waals surface area contributed by atoms with Gasteiger partial charge in [0.2, 0.25) is 0 Å². The Hall–Kier alpha value is -0.870. The Bertz CT molecular complexity index is 422. The molecule has 1 N–H and O–H groups in total. The highest BCUT2D eigenvalue weighted by Gasteiger charge is 2.22. The first-order valence-electron chi connectivity index (χ1n) is 6.32. The molecule has 1 aromatic carbocycles. The molecule has 0 spiro atoms. The van der Waals surface area contributed by atoms with Gasteiger partial charge in [0.1, 0.15) is 0 Å². The molecule has 1 aliphatic heterocycles. The smallest absolute Gasteiger partial charge is 0.303 e. The van der Waals surface area contributed by atoms with E-state index in [-0.39, 0.29) is 0 Å². The average molecular weight is 312 g/mol. The van der Waals surface area contributed by atoms with Crippen molar-refractivity contribution in [3.05, 3.63) is 34.3 Å². The third-order valence-electron chi connectivity index (χ3n) is 3.42. The number of rotatable bonds is 4. The molecule has 1 aliphatic rings. The van der Waals surface area contributed by atoms with Crippen LogP contribution in [0.3, 0.4) is 0 Å². The van der Waals surface area contributed by atoms with Crippen LogP contribution in [0.25, 0.3) is 0 Å². The molecule has 2 rings (SSSR count). The number of carbonyl (C=O) groups is 1. The van der Waals surface area contributed by atoms with E-state index >= 15 is 0 Å². The van der Waals surface area contributed by atoms with Gasteiger partial charge in [-0.3, -0.25) is 9.69 Å². The van der Waals surface area contributed by atoms with Crippen molar-refractivity contribution in [2.75, 3.05) is 13.1 Å². The highest BCUT2D eigenvalue weighted by molar-refractivity contribution is 9.10. The van der Waals surface area contributed by atoms with Crippen LogP contribution in [0.4, 0.5) is 0 Å². The molecule has 1 saturated heterocycles. The number of carboxylic acid groups (broad SMARTS) is 1. The molecular weight excluding hydrogens is 294 g/mol. The zero-order valence-electron chi connectivity index (χ0n) is 10.3. The lowest BCUT2D eigenvalue weighted by Gasteiger charge is -2.32. The number of hydrogen-bond donors (Lipinski definition) is 1. The van der Waals surface area contributed by atoms with Crippen LogP contribution in [0.2, 0.25) is 0 Å². The predicted octanol–water partition coefficient (Wildman–Crippen LogP) is 3.14. The summed E-state index contributed by atoms with van der Waals surface area (Å²) in [5, 5.41) is 8.86. The van der Waals surface area contributed by atoms with E-state index in [0.717, 1.165) is 36.9 Å². The summed E-state index contributed by atoms with van der Waals surface area (Å²) in [5.74, 6) is -0.374. The number of aliphatic carboxylic acids is 1. The molecule has 0 radical (unpaired) electrons. The van der Waals surface area contributed by atoms with E-state index in [9.17, 15) is 4.79 Å². The molecule has 0 bridgehead atoms. The summed E-state index contributed by atoms with van der Waals surface area (Å²) < 4.78 is 1.13. The molecule has 4 heteroatoms. The third-order valence-corrected chi connectivity index (χ3v) is 4.19. The average Bonchev–Trinajstić information content (AvgIpc) is 2.32. The van der Waals surface area contributed by atoms with E-state index in [1.54, 1.807) is 0 Å². The van der Waals surface area contributed by atoms with Crippen LogP contribution in [0.1, 0.15) is 24.8 Å². The summed E-state index contributed by atoms with van der Waals surface area (Å²) in [4.78, 5) is 13.1. The normalized spacial score (nSPS) is 20.8. The molecule has 18 heavy (non-hydrogen) atoms. The fourth-order valence-electron chi connectivity index (χ4n) is 2.58. The van der Waals surface area contributed by atoms with E-state index in [4.69, 9.17) is 5.11 Å². The maximum absolute atomic E-state index is 10.8. The lowest BCUT2D eigenvalue weighted by molar-refractivity contribution is -0.138. The lowest BCUT2D eigenvalue weighted by atomic mass is 9.94. The molecule has 1 fully saturated rings. The van der Waals surface area contributed by atoms with Crippen molar-refractivity contribution in [3.63, 3.8) is 0 Å². The maximum Gasteiger partial charge on any atom is 0.303 e. The maximum atomic E-state index is 10.8. The number of piperidine rings is 1. The van der Waals surface area contributed by atoms with Gasteiger partial charge in [-0.2, -0.15) is 0 Å². The van der Waals surface area contributed by atoms with Crippen LogP contribution in [0, 0.1) is 5.92 Å². The van der Waals surface area contributed by atoms with E-state index < -0.39 is 5.97 Å². The van der Waals surface area contributed by atoms with Crippen LogP contribution >= 0.6 is 15.9 Å². The molecule has 1 unspecified atom stereocenters. The number of halogens is 1. The van der Waals surface area contributed by atoms with Gasteiger partial charge in [-0.25, -0.2) is 0 Å². The molecule has 0 amide bonds. The Morgan fingerprint density at radius 1 is 1.44 bits per heavy atom. The summed E-state index contributed by atoms with van der Waals surface area (Å²) >= 11 is 3.56.